The SMILES string of the molecule is COC(=O)c1cc([N+](=O)[O-])c(C)cc1[N+](=O)[O-]. The summed E-state index contributed by atoms with van der Waals surface area (Å²) >= 11 is 0. The third kappa shape index (κ3) is 2.36. The van der Waals surface area contributed by atoms with E-state index >= 15 is 0 Å². The number of ether oxygens (including phenoxy) is 1. The molecule has 8 heteroatoms. The Kier molecular flexibility index (Phi) is 3.37. The number of esters is 1. The molecule has 0 N–H and O–H groups in total. The first-order valence-electron chi connectivity index (χ1n) is 4.40. The van der Waals surface area contributed by atoms with Gasteiger partial charge in [-0.05, 0) is 6.92 Å². The Morgan fingerprint density at radius 3 is 2.12 bits per heavy atom. The fourth-order valence-corrected chi connectivity index (χ4v) is 1.30. The van der Waals surface area contributed by atoms with Crippen LogP contribution in [0.3, 0.4) is 0 Å². The van der Waals surface area contributed by atoms with Gasteiger partial charge in [0.05, 0.1) is 17.0 Å². The summed E-state index contributed by atoms with van der Waals surface area (Å²) in [5.74, 6) is -0.986. The van der Waals surface area contributed by atoms with Crippen molar-refractivity contribution in [1.82, 2.24) is 0 Å². The minimum atomic E-state index is -0.986. The van der Waals surface area contributed by atoms with Crippen LogP contribution in [0.25, 0.3) is 0 Å². The highest BCUT2D eigenvalue weighted by Crippen LogP contribution is 2.28. The number of hydrogen-bond donors (Lipinski definition) is 0. The van der Waals surface area contributed by atoms with Crippen molar-refractivity contribution in [2.45, 2.75) is 6.92 Å². The molecule has 0 saturated heterocycles. The molecule has 1 aromatic carbocycles. The molecular formula is C9H8N2O6. The van der Waals surface area contributed by atoms with Crippen LogP contribution in [0.4, 0.5) is 11.4 Å². The third-order valence-corrected chi connectivity index (χ3v) is 2.11. The number of carbonyl (C=O) groups is 1. The van der Waals surface area contributed by atoms with Crippen LogP contribution >= 0.6 is 0 Å². The number of nitrogens with zero attached hydrogens (tertiary/aromatic N) is 2. The van der Waals surface area contributed by atoms with E-state index in [9.17, 15) is 25.0 Å². The van der Waals surface area contributed by atoms with E-state index in [0.717, 1.165) is 19.2 Å². The maximum Gasteiger partial charge on any atom is 0.345 e. The summed E-state index contributed by atoms with van der Waals surface area (Å²) in [5, 5.41) is 21.4. The van der Waals surface area contributed by atoms with Crippen molar-refractivity contribution in [2.24, 2.45) is 0 Å². The first-order chi connectivity index (χ1) is 7.88. The molecule has 0 unspecified atom stereocenters. The first-order valence-corrected chi connectivity index (χ1v) is 4.40. The van der Waals surface area contributed by atoms with E-state index in [1.807, 2.05) is 0 Å². The van der Waals surface area contributed by atoms with Gasteiger partial charge in [-0.1, -0.05) is 0 Å². The molecule has 0 spiro atoms. The second-order valence-electron chi connectivity index (χ2n) is 3.16. The lowest BCUT2D eigenvalue weighted by molar-refractivity contribution is -0.389. The van der Waals surface area contributed by atoms with Crippen LogP contribution in [0.5, 0.6) is 0 Å². The lowest BCUT2D eigenvalue weighted by Crippen LogP contribution is -2.07. The second-order valence-corrected chi connectivity index (χ2v) is 3.16. The quantitative estimate of drug-likeness (QED) is 0.450. The van der Waals surface area contributed by atoms with Gasteiger partial charge in [-0.2, -0.15) is 0 Å². The van der Waals surface area contributed by atoms with Crippen molar-refractivity contribution in [3.8, 4) is 0 Å². The average molecular weight is 240 g/mol. The molecule has 0 aliphatic heterocycles. The van der Waals surface area contributed by atoms with E-state index in [2.05, 4.69) is 4.74 Å². The van der Waals surface area contributed by atoms with Crippen molar-refractivity contribution in [1.29, 1.82) is 0 Å². The molecule has 90 valence electrons. The highest BCUT2D eigenvalue weighted by molar-refractivity contribution is 5.95. The zero-order valence-electron chi connectivity index (χ0n) is 9.00. The van der Waals surface area contributed by atoms with E-state index in [-0.39, 0.29) is 11.3 Å². The van der Waals surface area contributed by atoms with Crippen molar-refractivity contribution in [3.05, 3.63) is 43.5 Å². The molecule has 1 aromatic rings. The van der Waals surface area contributed by atoms with Gasteiger partial charge in [0, 0.05) is 17.7 Å². The summed E-state index contributed by atoms with van der Waals surface area (Å²) in [6.45, 7) is 1.35. The number of methoxy groups -OCH3 is 1. The summed E-state index contributed by atoms with van der Waals surface area (Å²) < 4.78 is 4.34. The highest BCUT2D eigenvalue weighted by Gasteiger charge is 2.26. The van der Waals surface area contributed by atoms with Gasteiger partial charge in [-0.15, -0.1) is 0 Å². The zero-order valence-corrected chi connectivity index (χ0v) is 9.00. The van der Waals surface area contributed by atoms with Crippen LogP contribution in [0.15, 0.2) is 12.1 Å². The molecule has 0 bridgehead atoms. The van der Waals surface area contributed by atoms with Crippen LogP contribution in [-0.2, 0) is 4.74 Å². The Morgan fingerprint density at radius 1 is 1.18 bits per heavy atom. The van der Waals surface area contributed by atoms with E-state index in [4.69, 9.17) is 0 Å². The van der Waals surface area contributed by atoms with Gasteiger partial charge in [-0.25, -0.2) is 4.79 Å². The molecule has 1 rings (SSSR count). The molecule has 0 saturated carbocycles. The van der Waals surface area contributed by atoms with Crippen molar-refractivity contribution in [3.63, 3.8) is 0 Å². The van der Waals surface area contributed by atoms with Crippen molar-refractivity contribution < 1.29 is 19.4 Å². The fourth-order valence-electron chi connectivity index (χ4n) is 1.30. The Labute approximate surface area is 95.1 Å². The smallest absolute Gasteiger partial charge is 0.345 e. The Morgan fingerprint density at radius 2 is 1.71 bits per heavy atom. The summed E-state index contributed by atoms with van der Waals surface area (Å²) in [5.41, 5.74) is -1.21. The van der Waals surface area contributed by atoms with Gasteiger partial charge in [0.1, 0.15) is 5.56 Å². The summed E-state index contributed by atoms with van der Waals surface area (Å²) in [6.07, 6.45) is 0. The second kappa shape index (κ2) is 4.56. The highest BCUT2D eigenvalue weighted by atomic mass is 16.6. The summed E-state index contributed by atoms with van der Waals surface area (Å²) in [6, 6.07) is 1.82. The van der Waals surface area contributed by atoms with E-state index in [0.29, 0.717) is 0 Å². The number of nitro groups is 2. The van der Waals surface area contributed by atoms with E-state index in [1.165, 1.54) is 6.92 Å². The number of aryl methyl sites for hydroxylation is 1. The molecule has 0 heterocycles. The zero-order chi connectivity index (χ0) is 13.2. The Hall–Kier alpha value is -2.51. The minimum Gasteiger partial charge on any atom is -0.465 e. The molecule has 0 fully saturated rings. The molecule has 0 radical (unpaired) electrons. The van der Waals surface area contributed by atoms with E-state index < -0.39 is 27.1 Å². The number of benzene rings is 1. The van der Waals surface area contributed by atoms with Gasteiger partial charge >= 0.3 is 5.97 Å². The number of rotatable bonds is 3. The molecular weight excluding hydrogens is 232 g/mol. The van der Waals surface area contributed by atoms with Crippen LogP contribution < -0.4 is 0 Å². The normalized spacial score (nSPS) is 9.76. The first kappa shape index (κ1) is 12.6. The number of hydrogen-bond acceptors (Lipinski definition) is 6. The largest absolute Gasteiger partial charge is 0.465 e. The van der Waals surface area contributed by atoms with Crippen molar-refractivity contribution >= 4 is 17.3 Å². The van der Waals surface area contributed by atoms with Crippen LogP contribution in [-0.4, -0.2) is 22.9 Å². The van der Waals surface area contributed by atoms with Gasteiger partial charge in [0.25, 0.3) is 11.4 Å². The molecule has 0 amide bonds. The predicted molar refractivity (Wildman–Crippen MR) is 55.8 cm³/mol. The lowest BCUT2D eigenvalue weighted by atomic mass is 10.1. The maximum atomic E-state index is 11.3. The predicted octanol–water partition coefficient (Wildman–Crippen LogP) is 1.60. The minimum absolute atomic E-state index is 0.106. The summed E-state index contributed by atoms with van der Waals surface area (Å²) in [4.78, 5) is 31.1. The Balaban J connectivity index is 3.53. The maximum absolute atomic E-state index is 11.3. The molecule has 0 aliphatic rings. The van der Waals surface area contributed by atoms with Gasteiger partial charge in [0.2, 0.25) is 0 Å². The number of nitro benzene ring substituents is 2. The summed E-state index contributed by atoms with van der Waals surface area (Å²) in [7, 11) is 1.04. The molecule has 0 aliphatic carbocycles. The molecule has 8 nitrogen and oxygen atoms in total. The van der Waals surface area contributed by atoms with Gasteiger partial charge < -0.3 is 4.74 Å². The molecule has 0 aromatic heterocycles. The van der Waals surface area contributed by atoms with Crippen LogP contribution in [0.2, 0.25) is 0 Å². The van der Waals surface area contributed by atoms with Crippen LogP contribution in [0, 0.1) is 27.2 Å². The van der Waals surface area contributed by atoms with Gasteiger partial charge in [-0.3, -0.25) is 20.2 Å². The van der Waals surface area contributed by atoms with Crippen LogP contribution in [0.1, 0.15) is 15.9 Å². The standard InChI is InChI=1S/C9H8N2O6/c1-5-3-8(11(15)16)6(9(12)17-2)4-7(5)10(13)14/h3-4H,1-2H3. The van der Waals surface area contributed by atoms with Gasteiger partial charge in [0.15, 0.2) is 0 Å². The average Bonchev–Trinajstić information content (AvgIpc) is 2.26. The van der Waals surface area contributed by atoms with Crippen molar-refractivity contribution in [2.75, 3.05) is 7.11 Å². The number of carbonyl (C=O) groups excluding carboxylic acids is 1. The lowest BCUT2D eigenvalue weighted by Gasteiger charge is -2.03. The monoisotopic (exact) mass is 240 g/mol. The molecule has 17 heavy (non-hydrogen) atoms. The molecule has 0 atom stereocenters. The topological polar surface area (TPSA) is 113 Å². The Bertz CT molecular complexity index is 510. The third-order valence-electron chi connectivity index (χ3n) is 2.11. The van der Waals surface area contributed by atoms with E-state index in [1.54, 1.807) is 0 Å². The fraction of sp³-hybridized carbons (Fsp3) is 0.222.